The number of fused-ring (bicyclic) bond motifs is 3. The molecular weight excluding hydrogens is 296 g/mol. The highest BCUT2D eigenvalue weighted by molar-refractivity contribution is 6.11. The highest BCUT2D eigenvalue weighted by Crippen LogP contribution is 2.38. The lowest BCUT2D eigenvalue weighted by molar-refractivity contribution is -0.660. The van der Waals surface area contributed by atoms with E-state index in [0.29, 0.717) is 5.56 Å². The fourth-order valence-corrected chi connectivity index (χ4v) is 3.60. The van der Waals surface area contributed by atoms with Crippen LogP contribution < -0.4 is 4.57 Å². The van der Waals surface area contributed by atoms with Crippen molar-refractivity contribution in [3.05, 3.63) is 65.4 Å². The first kappa shape index (κ1) is 14.5. The van der Waals surface area contributed by atoms with Gasteiger partial charge in [-0.25, -0.2) is 4.57 Å². The van der Waals surface area contributed by atoms with Crippen molar-refractivity contribution in [1.82, 2.24) is 0 Å². The number of rotatable bonds is 1. The molecule has 0 aliphatic rings. The number of aryl methyl sites for hydroxylation is 3. The lowest BCUT2D eigenvalue weighted by atomic mass is 9.93. The third kappa shape index (κ3) is 1.93. The molecule has 2 aromatic heterocycles. The van der Waals surface area contributed by atoms with Gasteiger partial charge in [0.05, 0.1) is 17.2 Å². The van der Waals surface area contributed by atoms with Crippen LogP contribution in [-0.4, -0.2) is 0 Å². The minimum atomic E-state index is 0.654. The molecule has 0 atom stereocenters. The standard InChI is InChI=1S/C21H17N2O/c1-13-11-18-20(21-15(12-22)7-6-9-17(21)24-18)14(2)19(13)16-8-4-5-10-23(16)3/h4-11H,1-3H3/q+1. The van der Waals surface area contributed by atoms with Crippen LogP contribution in [0.3, 0.4) is 0 Å². The van der Waals surface area contributed by atoms with Crippen LogP contribution in [0.15, 0.2) is 53.1 Å². The van der Waals surface area contributed by atoms with E-state index in [-0.39, 0.29) is 0 Å². The Kier molecular flexibility index (Phi) is 3.14. The first-order valence-electron chi connectivity index (χ1n) is 7.92. The predicted molar refractivity (Wildman–Crippen MR) is 94.5 cm³/mol. The van der Waals surface area contributed by atoms with Crippen LogP contribution in [-0.2, 0) is 7.05 Å². The lowest BCUT2D eigenvalue weighted by Gasteiger charge is -2.09. The SMILES string of the molecule is Cc1cc2oc3cccc(C#N)c3c2c(C)c1-c1cccc[n+]1C. The number of furan rings is 1. The van der Waals surface area contributed by atoms with Crippen molar-refractivity contribution in [2.75, 3.05) is 0 Å². The second-order valence-corrected chi connectivity index (χ2v) is 6.16. The Morgan fingerprint density at radius 1 is 1.00 bits per heavy atom. The van der Waals surface area contributed by atoms with Crippen molar-refractivity contribution < 1.29 is 8.98 Å². The Hall–Kier alpha value is -3.12. The van der Waals surface area contributed by atoms with Crippen molar-refractivity contribution in [1.29, 1.82) is 5.26 Å². The molecule has 0 saturated carbocycles. The predicted octanol–water partition coefficient (Wildman–Crippen LogP) is 4.57. The molecule has 4 rings (SSSR count). The van der Waals surface area contributed by atoms with E-state index in [4.69, 9.17) is 4.42 Å². The maximum atomic E-state index is 9.49. The maximum absolute atomic E-state index is 9.49. The first-order chi connectivity index (χ1) is 11.6. The van der Waals surface area contributed by atoms with Crippen molar-refractivity contribution in [2.45, 2.75) is 13.8 Å². The van der Waals surface area contributed by atoms with Crippen LogP contribution in [0.1, 0.15) is 16.7 Å². The molecule has 0 aliphatic carbocycles. The fraction of sp³-hybridized carbons (Fsp3) is 0.143. The summed E-state index contributed by atoms with van der Waals surface area (Å²) < 4.78 is 8.14. The Morgan fingerprint density at radius 2 is 1.83 bits per heavy atom. The Morgan fingerprint density at radius 3 is 2.58 bits per heavy atom. The monoisotopic (exact) mass is 313 g/mol. The van der Waals surface area contributed by atoms with Crippen LogP contribution in [0.2, 0.25) is 0 Å². The Balaban J connectivity index is 2.20. The van der Waals surface area contributed by atoms with Gasteiger partial charge in [0.1, 0.15) is 18.2 Å². The topological polar surface area (TPSA) is 40.8 Å². The highest BCUT2D eigenvalue weighted by Gasteiger charge is 2.21. The summed E-state index contributed by atoms with van der Waals surface area (Å²) in [4.78, 5) is 0. The largest absolute Gasteiger partial charge is 0.456 e. The van der Waals surface area contributed by atoms with E-state index in [1.165, 1.54) is 11.1 Å². The maximum Gasteiger partial charge on any atom is 0.212 e. The lowest BCUT2D eigenvalue weighted by Crippen LogP contribution is -2.30. The summed E-state index contributed by atoms with van der Waals surface area (Å²) in [5.74, 6) is 0. The molecule has 2 heterocycles. The highest BCUT2D eigenvalue weighted by atomic mass is 16.3. The number of benzene rings is 2. The van der Waals surface area contributed by atoms with Crippen LogP contribution in [0.25, 0.3) is 33.2 Å². The zero-order valence-electron chi connectivity index (χ0n) is 13.9. The van der Waals surface area contributed by atoms with Crippen molar-refractivity contribution in [2.24, 2.45) is 7.05 Å². The van der Waals surface area contributed by atoms with Crippen LogP contribution in [0.5, 0.6) is 0 Å². The van der Waals surface area contributed by atoms with Gasteiger partial charge in [-0.05, 0) is 49.2 Å². The molecule has 116 valence electrons. The van der Waals surface area contributed by atoms with Gasteiger partial charge in [0.2, 0.25) is 5.69 Å². The number of hydrogen-bond acceptors (Lipinski definition) is 2. The van der Waals surface area contributed by atoms with Gasteiger partial charge in [-0.15, -0.1) is 0 Å². The number of nitriles is 1. The molecule has 0 bridgehead atoms. The molecule has 0 N–H and O–H groups in total. The zero-order valence-corrected chi connectivity index (χ0v) is 13.9. The summed E-state index contributed by atoms with van der Waals surface area (Å²) in [5.41, 5.74) is 6.92. The molecule has 0 unspecified atom stereocenters. The first-order valence-corrected chi connectivity index (χ1v) is 7.92. The fourth-order valence-electron chi connectivity index (χ4n) is 3.60. The molecule has 3 heteroatoms. The smallest absolute Gasteiger partial charge is 0.212 e. The summed E-state index contributed by atoms with van der Waals surface area (Å²) in [6.07, 6.45) is 2.05. The van der Waals surface area contributed by atoms with E-state index in [1.807, 2.05) is 43.6 Å². The van der Waals surface area contributed by atoms with Crippen LogP contribution in [0.4, 0.5) is 0 Å². The molecule has 0 saturated heterocycles. The van der Waals surface area contributed by atoms with E-state index >= 15 is 0 Å². The molecule has 24 heavy (non-hydrogen) atoms. The van der Waals surface area contributed by atoms with E-state index in [2.05, 4.69) is 36.6 Å². The van der Waals surface area contributed by atoms with Gasteiger partial charge < -0.3 is 4.42 Å². The molecule has 0 radical (unpaired) electrons. The average molecular weight is 313 g/mol. The number of hydrogen-bond donors (Lipinski definition) is 0. The van der Waals surface area contributed by atoms with Crippen LogP contribution >= 0.6 is 0 Å². The average Bonchev–Trinajstić information content (AvgIpc) is 2.94. The van der Waals surface area contributed by atoms with Crippen molar-refractivity contribution >= 4 is 21.9 Å². The van der Waals surface area contributed by atoms with Gasteiger partial charge in [0.25, 0.3) is 0 Å². The molecule has 0 amide bonds. The quantitative estimate of drug-likeness (QED) is 0.483. The van der Waals surface area contributed by atoms with Crippen molar-refractivity contribution in [3.63, 3.8) is 0 Å². The number of aromatic nitrogens is 1. The minimum absolute atomic E-state index is 0.654. The van der Waals surface area contributed by atoms with E-state index in [0.717, 1.165) is 33.2 Å². The summed E-state index contributed by atoms with van der Waals surface area (Å²) >= 11 is 0. The third-order valence-corrected chi connectivity index (χ3v) is 4.67. The molecule has 4 aromatic rings. The van der Waals surface area contributed by atoms with E-state index in [1.54, 1.807) is 0 Å². The van der Waals surface area contributed by atoms with E-state index in [9.17, 15) is 5.26 Å². The number of pyridine rings is 1. The molecule has 3 nitrogen and oxygen atoms in total. The molecule has 0 aliphatic heterocycles. The summed E-state index contributed by atoms with van der Waals surface area (Å²) in [6.45, 7) is 4.22. The van der Waals surface area contributed by atoms with Gasteiger partial charge >= 0.3 is 0 Å². The van der Waals surface area contributed by atoms with Crippen LogP contribution in [0, 0.1) is 25.2 Å². The van der Waals surface area contributed by atoms with Gasteiger partial charge in [-0.3, -0.25) is 0 Å². The second kappa shape index (κ2) is 5.21. The summed E-state index contributed by atoms with van der Waals surface area (Å²) in [7, 11) is 2.05. The van der Waals surface area contributed by atoms with Gasteiger partial charge in [-0.2, -0.15) is 5.26 Å². The molecule has 0 spiro atoms. The Bertz CT molecular complexity index is 1150. The molecule has 2 aromatic carbocycles. The van der Waals surface area contributed by atoms with Gasteiger partial charge in [-0.1, -0.05) is 6.07 Å². The zero-order chi connectivity index (χ0) is 16.8. The normalized spacial score (nSPS) is 11.1. The minimum Gasteiger partial charge on any atom is -0.456 e. The Labute approximate surface area is 140 Å². The van der Waals surface area contributed by atoms with Gasteiger partial charge in [0, 0.05) is 22.9 Å². The number of nitrogens with zero attached hydrogens (tertiary/aromatic N) is 2. The second-order valence-electron chi connectivity index (χ2n) is 6.16. The third-order valence-electron chi connectivity index (χ3n) is 4.67. The van der Waals surface area contributed by atoms with Crippen molar-refractivity contribution in [3.8, 4) is 17.3 Å². The van der Waals surface area contributed by atoms with E-state index < -0.39 is 0 Å². The molecular formula is C21H17N2O+. The summed E-state index contributed by atoms with van der Waals surface area (Å²) in [5, 5.41) is 11.4. The summed E-state index contributed by atoms with van der Waals surface area (Å²) in [6, 6.07) is 16.2. The van der Waals surface area contributed by atoms with Gasteiger partial charge in [0.15, 0.2) is 6.20 Å². The molecule has 0 fully saturated rings.